The Labute approximate surface area is 237 Å². The van der Waals surface area contributed by atoms with Crippen LogP contribution in [0.3, 0.4) is 0 Å². The lowest BCUT2D eigenvalue weighted by Gasteiger charge is -2.26. The van der Waals surface area contributed by atoms with E-state index in [0.29, 0.717) is 32.0 Å². The van der Waals surface area contributed by atoms with Crippen molar-refractivity contribution in [3.05, 3.63) is 107 Å². The van der Waals surface area contributed by atoms with Gasteiger partial charge in [0.05, 0.1) is 12.5 Å². The second-order valence-electron chi connectivity index (χ2n) is 10.9. The van der Waals surface area contributed by atoms with Gasteiger partial charge in [-0.15, -0.1) is 0 Å². The molecule has 1 fully saturated rings. The molecule has 0 radical (unpaired) electrons. The van der Waals surface area contributed by atoms with Gasteiger partial charge in [-0.1, -0.05) is 105 Å². The second-order valence-corrected chi connectivity index (χ2v) is 10.9. The Kier molecular flexibility index (Phi) is 10.7. The Hall–Kier alpha value is -4.13. The summed E-state index contributed by atoms with van der Waals surface area (Å²) >= 11 is 0. The number of carbonyl (C=O) groups excluding carboxylic acids is 2. The summed E-state index contributed by atoms with van der Waals surface area (Å²) in [6, 6.07) is 27.5. The highest BCUT2D eigenvalue weighted by atomic mass is 16.2. The first kappa shape index (κ1) is 28.9. The number of nitrogens with zero attached hydrogens (tertiary/aromatic N) is 1. The van der Waals surface area contributed by atoms with Crippen LogP contribution in [-0.2, 0) is 24.3 Å². The predicted octanol–water partition coefficient (Wildman–Crippen LogP) is 5.27. The number of aliphatic imine (C=N–C) groups is 1. The van der Waals surface area contributed by atoms with Crippen molar-refractivity contribution in [2.75, 3.05) is 6.54 Å². The number of guanidine groups is 1. The molecule has 5 N–H and O–H groups in total. The molecule has 1 aliphatic rings. The van der Waals surface area contributed by atoms with Crippen LogP contribution in [0, 0.1) is 11.8 Å². The van der Waals surface area contributed by atoms with E-state index >= 15 is 0 Å². The molecule has 0 saturated heterocycles. The first-order valence-corrected chi connectivity index (χ1v) is 14.3. The molecule has 3 unspecified atom stereocenters. The fraction of sp³-hybridized carbons (Fsp3) is 0.364. The number of benzene rings is 3. The number of hydrogen-bond donors (Lipinski definition) is 4. The number of rotatable bonds is 10. The highest BCUT2D eigenvalue weighted by molar-refractivity contribution is 5.95. The molecule has 0 aliphatic heterocycles. The van der Waals surface area contributed by atoms with Gasteiger partial charge in [-0.3, -0.25) is 10.1 Å². The van der Waals surface area contributed by atoms with E-state index < -0.39 is 0 Å². The molecular weight excluding hydrogens is 498 g/mol. The van der Waals surface area contributed by atoms with Crippen LogP contribution in [0.25, 0.3) is 0 Å². The zero-order valence-electron chi connectivity index (χ0n) is 23.3. The van der Waals surface area contributed by atoms with Gasteiger partial charge in [0, 0.05) is 13.1 Å². The van der Waals surface area contributed by atoms with Gasteiger partial charge in [-0.25, -0.2) is 9.79 Å². The molecule has 40 heavy (non-hydrogen) atoms. The van der Waals surface area contributed by atoms with Crippen molar-refractivity contribution in [2.24, 2.45) is 22.6 Å². The summed E-state index contributed by atoms with van der Waals surface area (Å²) in [7, 11) is 0. The van der Waals surface area contributed by atoms with E-state index in [4.69, 9.17) is 5.73 Å². The zero-order chi connectivity index (χ0) is 28.2. The third-order valence-corrected chi connectivity index (χ3v) is 7.53. The molecule has 4 rings (SSSR count). The Morgan fingerprint density at radius 1 is 0.900 bits per heavy atom. The summed E-state index contributed by atoms with van der Waals surface area (Å²) in [5, 5.41) is 8.66. The number of amides is 3. The normalized spacial score (nSPS) is 18.0. The maximum absolute atomic E-state index is 13.3. The third kappa shape index (κ3) is 9.26. The molecule has 7 nitrogen and oxygen atoms in total. The fourth-order valence-corrected chi connectivity index (χ4v) is 5.41. The van der Waals surface area contributed by atoms with Gasteiger partial charge in [0.15, 0.2) is 5.96 Å². The van der Waals surface area contributed by atoms with E-state index in [2.05, 4.69) is 40.0 Å². The Morgan fingerprint density at radius 2 is 1.60 bits per heavy atom. The predicted molar refractivity (Wildman–Crippen MR) is 161 cm³/mol. The molecule has 0 bridgehead atoms. The minimum atomic E-state index is -0.320. The van der Waals surface area contributed by atoms with Crippen LogP contribution >= 0.6 is 0 Å². The van der Waals surface area contributed by atoms with Crippen molar-refractivity contribution in [3.63, 3.8) is 0 Å². The maximum Gasteiger partial charge on any atom is 0.321 e. The van der Waals surface area contributed by atoms with Gasteiger partial charge in [0.2, 0.25) is 5.91 Å². The van der Waals surface area contributed by atoms with Crippen LogP contribution in [-0.4, -0.2) is 24.4 Å². The van der Waals surface area contributed by atoms with Crippen molar-refractivity contribution < 1.29 is 9.59 Å². The summed E-state index contributed by atoms with van der Waals surface area (Å²) in [6.07, 6.45) is 5.44. The minimum Gasteiger partial charge on any atom is -0.370 e. The topological polar surface area (TPSA) is 109 Å². The standard InChI is InChI=1S/C33H41N5O2/c1-24-10-8-13-26(18-24)23-37-33(40)38-32(34)36-22-28-15-9-14-27(19-28)21-35-31(39)30(29-16-6-3-7-17-29)20-25-11-4-2-5-12-25/h2-7,9,11-12,14-17,19,24,26,30H,8,10,13,18,20-23H2,1H3,(H,35,39)(H4,34,36,37,38,40). The molecule has 7 heteroatoms. The van der Waals surface area contributed by atoms with E-state index in [9.17, 15) is 9.59 Å². The van der Waals surface area contributed by atoms with E-state index in [1.54, 1.807) is 0 Å². The molecule has 3 amide bonds. The Bertz CT molecular complexity index is 1260. The third-order valence-electron chi connectivity index (χ3n) is 7.53. The smallest absolute Gasteiger partial charge is 0.321 e. The van der Waals surface area contributed by atoms with E-state index in [1.165, 1.54) is 12.8 Å². The van der Waals surface area contributed by atoms with Gasteiger partial charge in [0.1, 0.15) is 0 Å². The zero-order valence-corrected chi connectivity index (χ0v) is 23.3. The lowest BCUT2D eigenvalue weighted by molar-refractivity contribution is -0.122. The van der Waals surface area contributed by atoms with Gasteiger partial charge in [0.25, 0.3) is 0 Å². The lowest BCUT2D eigenvalue weighted by atomic mass is 9.82. The number of nitrogens with two attached hydrogens (primary N) is 1. The van der Waals surface area contributed by atoms with Gasteiger partial charge in [-0.05, 0) is 53.4 Å². The van der Waals surface area contributed by atoms with E-state index in [1.807, 2.05) is 72.8 Å². The van der Waals surface area contributed by atoms with Crippen molar-refractivity contribution in [1.82, 2.24) is 16.0 Å². The quantitative estimate of drug-likeness (QED) is 0.208. The average Bonchev–Trinajstić information content (AvgIpc) is 2.98. The summed E-state index contributed by atoms with van der Waals surface area (Å²) in [6.45, 7) is 3.67. The molecule has 3 aromatic rings. The molecule has 1 aliphatic carbocycles. The van der Waals surface area contributed by atoms with Crippen LogP contribution in [0.2, 0.25) is 0 Å². The Morgan fingerprint density at radius 3 is 2.35 bits per heavy atom. The maximum atomic E-state index is 13.3. The number of urea groups is 1. The highest BCUT2D eigenvalue weighted by Crippen LogP contribution is 2.28. The summed E-state index contributed by atoms with van der Waals surface area (Å²) in [4.78, 5) is 29.9. The first-order chi connectivity index (χ1) is 19.5. The van der Waals surface area contributed by atoms with Crippen LogP contribution in [0.1, 0.15) is 60.8 Å². The molecule has 0 spiro atoms. The van der Waals surface area contributed by atoms with Crippen LogP contribution in [0.5, 0.6) is 0 Å². The summed E-state index contributed by atoms with van der Waals surface area (Å²) in [5.74, 6) is 1.03. The minimum absolute atomic E-state index is 0.0133. The van der Waals surface area contributed by atoms with E-state index in [-0.39, 0.29) is 23.8 Å². The second kappa shape index (κ2) is 14.9. The number of hydrogen-bond acceptors (Lipinski definition) is 3. The molecule has 0 aromatic heterocycles. The van der Waals surface area contributed by atoms with Gasteiger partial charge >= 0.3 is 6.03 Å². The molecule has 3 aromatic carbocycles. The SMILES string of the molecule is CC1CCCC(CNC(=O)NC(N)=NCc2cccc(CNC(=O)C(Cc3ccccc3)c3ccccc3)c2)C1. The molecule has 3 atom stereocenters. The Balaban J connectivity index is 1.28. The lowest BCUT2D eigenvalue weighted by Crippen LogP contribution is -2.45. The molecular formula is C33H41N5O2. The molecule has 210 valence electrons. The van der Waals surface area contributed by atoms with Crippen molar-refractivity contribution in [3.8, 4) is 0 Å². The van der Waals surface area contributed by atoms with E-state index in [0.717, 1.165) is 41.0 Å². The number of carbonyl (C=O) groups is 2. The van der Waals surface area contributed by atoms with Gasteiger partial charge in [-0.2, -0.15) is 0 Å². The average molecular weight is 540 g/mol. The van der Waals surface area contributed by atoms with Crippen molar-refractivity contribution in [2.45, 2.75) is 58.0 Å². The van der Waals surface area contributed by atoms with Crippen LogP contribution in [0.15, 0.2) is 89.9 Å². The van der Waals surface area contributed by atoms with Gasteiger partial charge < -0.3 is 16.4 Å². The molecule has 0 heterocycles. The van der Waals surface area contributed by atoms with Crippen LogP contribution in [0.4, 0.5) is 4.79 Å². The summed E-state index contributed by atoms with van der Waals surface area (Å²) in [5.41, 5.74) is 9.99. The van der Waals surface area contributed by atoms with Crippen molar-refractivity contribution >= 4 is 17.9 Å². The number of nitrogens with one attached hydrogen (secondary N) is 3. The monoisotopic (exact) mass is 539 g/mol. The first-order valence-electron chi connectivity index (χ1n) is 14.3. The highest BCUT2D eigenvalue weighted by Gasteiger charge is 2.21. The fourth-order valence-electron chi connectivity index (χ4n) is 5.41. The van der Waals surface area contributed by atoms with Crippen LogP contribution < -0.4 is 21.7 Å². The summed E-state index contributed by atoms with van der Waals surface area (Å²) < 4.78 is 0. The molecule has 1 saturated carbocycles. The van der Waals surface area contributed by atoms with Crippen molar-refractivity contribution in [1.29, 1.82) is 0 Å². The largest absolute Gasteiger partial charge is 0.370 e.